The number of rotatable bonds is 6. The summed E-state index contributed by atoms with van der Waals surface area (Å²) in [6, 6.07) is 4.89. The van der Waals surface area contributed by atoms with E-state index in [2.05, 4.69) is 10.1 Å². The van der Waals surface area contributed by atoms with Gasteiger partial charge in [-0.3, -0.25) is 10.1 Å². The zero-order valence-corrected chi connectivity index (χ0v) is 15.3. The fraction of sp³-hybridized carbons (Fsp3) is 0.632. The molecule has 1 unspecified atom stereocenters. The van der Waals surface area contributed by atoms with Crippen LogP contribution in [0.2, 0.25) is 0 Å². The van der Waals surface area contributed by atoms with Crippen molar-refractivity contribution < 1.29 is 23.0 Å². The number of nitrogens with zero attached hydrogens (tertiary/aromatic N) is 1. The van der Waals surface area contributed by atoms with Crippen molar-refractivity contribution >= 4 is 5.91 Å². The monoisotopic (exact) mass is 368 g/mol. The number of carbonyl (C=O) groups is 1. The normalized spacial score (nSPS) is 22.3. The largest absolute Gasteiger partial charge is 0.490 e. The van der Waals surface area contributed by atoms with Crippen molar-refractivity contribution in [3.8, 4) is 11.5 Å². The second-order valence-electron chi connectivity index (χ2n) is 6.80. The predicted octanol–water partition coefficient (Wildman–Crippen LogP) is 3.84. The Morgan fingerprint density at radius 3 is 2.58 bits per heavy atom. The van der Waals surface area contributed by atoms with Crippen molar-refractivity contribution in [1.82, 2.24) is 10.2 Å². The maximum atomic E-state index is 13.0. The van der Waals surface area contributed by atoms with E-state index < -0.39 is 12.2 Å². The number of ether oxygens (including phenoxy) is 2. The van der Waals surface area contributed by atoms with E-state index in [4.69, 9.17) is 4.74 Å². The molecule has 3 rings (SSSR count). The third-order valence-electron chi connectivity index (χ3n) is 5.24. The highest BCUT2D eigenvalue weighted by molar-refractivity contribution is 5.89. The third-order valence-corrected chi connectivity index (χ3v) is 5.24. The third kappa shape index (κ3) is 3.49. The van der Waals surface area contributed by atoms with Crippen LogP contribution >= 0.6 is 0 Å². The molecule has 144 valence electrons. The lowest BCUT2D eigenvalue weighted by Crippen LogP contribution is -2.48. The molecule has 1 aromatic carbocycles. The lowest BCUT2D eigenvalue weighted by molar-refractivity contribution is -0.134. The lowest BCUT2D eigenvalue weighted by Gasteiger charge is -2.31. The first-order valence-electron chi connectivity index (χ1n) is 9.31. The second-order valence-corrected chi connectivity index (χ2v) is 6.80. The van der Waals surface area contributed by atoms with Crippen molar-refractivity contribution in [2.24, 2.45) is 0 Å². The molecule has 1 aliphatic carbocycles. The van der Waals surface area contributed by atoms with Crippen LogP contribution in [0.15, 0.2) is 18.2 Å². The minimum Gasteiger partial charge on any atom is -0.490 e. The van der Waals surface area contributed by atoms with Gasteiger partial charge in [0.25, 0.3) is 0 Å². The molecule has 1 N–H and O–H groups in total. The molecule has 5 nitrogen and oxygen atoms in total. The molecular formula is C19H26F2N2O3. The van der Waals surface area contributed by atoms with E-state index in [-0.39, 0.29) is 23.6 Å². The Labute approximate surface area is 152 Å². The molecule has 2 aliphatic rings. The number of alkyl halides is 2. The van der Waals surface area contributed by atoms with Gasteiger partial charge in [0.2, 0.25) is 5.91 Å². The summed E-state index contributed by atoms with van der Waals surface area (Å²) in [5.74, 6) is 0.404. The van der Waals surface area contributed by atoms with E-state index in [1.807, 2.05) is 11.8 Å². The lowest BCUT2D eigenvalue weighted by atomic mass is 9.81. The van der Waals surface area contributed by atoms with Crippen LogP contribution in [0.1, 0.15) is 57.7 Å². The van der Waals surface area contributed by atoms with E-state index in [9.17, 15) is 13.6 Å². The Morgan fingerprint density at radius 2 is 1.96 bits per heavy atom. The summed E-state index contributed by atoms with van der Waals surface area (Å²) in [7, 11) is 0. The Morgan fingerprint density at radius 1 is 1.23 bits per heavy atom. The van der Waals surface area contributed by atoms with E-state index >= 15 is 0 Å². The van der Waals surface area contributed by atoms with Gasteiger partial charge in [-0.2, -0.15) is 8.78 Å². The topological polar surface area (TPSA) is 50.8 Å². The minimum atomic E-state index is -2.91. The van der Waals surface area contributed by atoms with Gasteiger partial charge in [-0.1, -0.05) is 25.3 Å². The summed E-state index contributed by atoms with van der Waals surface area (Å²) in [5.41, 5.74) is 0.316. The van der Waals surface area contributed by atoms with Gasteiger partial charge in [-0.15, -0.1) is 0 Å². The van der Waals surface area contributed by atoms with Gasteiger partial charge in [0.05, 0.1) is 12.1 Å². The molecule has 1 heterocycles. The predicted molar refractivity (Wildman–Crippen MR) is 93.3 cm³/mol. The molecule has 1 amide bonds. The first-order chi connectivity index (χ1) is 12.5. The van der Waals surface area contributed by atoms with E-state index in [0.717, 1.165) is 37.7 Å². The summed E-state index contributed by atoms with van der Waals surface area (Å²) in [4.78, 5) is 14.9. The highest BCUT2D eigenvalue weighted by atomic mass is 19.3. The fourth-order valence-corrected chi connectivity index (χ4v) is 4.05. The number of halogens is 2. The van der Waals surface area contributed by atoms with E-state index in [1.165, 1.54) is 6.07 Å². The Hall–Kier alpha value is -1.89. The molecule has 1 saturated heterocycles. The number of hydrogen-bond acceptors (Lipinski definition) is 4. The van der Waals surface area contributed by atoms with Crippen LogP contribution < -0.4 is 14.8 Å². The zero-order chi connectivity index (χ0) is 18.7. The smallest absolute Gasteiger partial charge is 0.387 e. The average molecular weight is 368 g/mol. The van der Waals surface area contributed by atoms with Crippen molar-refractivity contribution in [2.45, 2.75) is 64.3 Å². The minimum absolute atomic E-state index is 0.00496. The molecule has 1 saturated carbocycles. The first kappa shape index (κ1) is 18.9. The van der Waals surface area contributed by atoms with Gasteiger partial charge in [0.1, 0.15) is 6.17 Å². The highest BCUT2D eigenvalue weighted by Gasteiger charge is 2.51. The molecule has 1 spiro atoms. The molecule has 7 heteroatoms. The highest BCUT2D eigenvalue weighted by Crippen LogP contribution is 2.41. The Bertz CT molecular complexity index is 648. The molecule has 1 aliphatic heterocycles. The maximum Gasteiger partial charge on any atom is 0.387 e. The van der Waals surface area contributed by atoms with E-state index in [0.29, 0.717) is 13.2 Å². The molecule has 1 aromatic rings. The second kappa shape index (κ2) is 7.78. The van der Waals surface area contributed by atoms with Crippen molar-refractivity contribution in [3.05, 3.63) is 23.8 Å². The van der Waals surface area contributed by atoms with Crippen LogP contribution in [-0.4, -0.2) is 36.1 Å². The molecular weight excluding hydrogens is 342 g/mol. The number of carbonyl (C=O) groups excluding carboxylic acids is 1. The van der Waals surface area contributed by atoms with Gasteiger partial charge >= 0.3 is 6.61 Å². The van der Waals surface area contributed by atoms with Gasteiger partial charge in [-0.05, 0) is 44.4 Å². The first-order valence-corrected chi connectivity index (χ1v) is 9.31. The Kier molecular flexibility index (Phi) is 5.65. The molecule has 2 fully saturated rings. The standard InChI is InChI=1S/C19H26F2N2O3/c1-3-23-16(22-19(17(23)24)10-6-5-7-11-19)13-8-9-14(26-18(20)21)15(12-13)25-4-2/h8-9,12,16,18,22H,3-7,10-11H2,1-2H3. The van der Waals surface area contributed by atoms with Crippen LogP contribution in [0.5, 0.6) is 11.5 Å². The molecule has 0 radical (unpaired) electrons. The van der Waals surface area contributed by atoms with Crippen molar-refractivity contribution in [2.75, 3.05) is 13.2 Å². The number of hydrogen-bond donors (Lipinski definition) is 1. The number of amides is 1. The quantitative estimate of drug-likeness (QED) is 0.829. The summed E-state index contributed by atoms with van der Waals surface area (Å²) in [6.45, 7) is 1.74. The molecule has 1 atom stereocenters. The van der Waals surface area contributed by atoms with Gasteiger partial charge in [-0.25, -0.2) is 0 Å². The van der Waals surface area contributed by atoms with Crippen LogP contribution in [0.3, 0.4) is 0 Å². The van der Waals surface area contributed by atoms with Crippen LogP contribution in [-0.2, 0) is 4.79 Å². The Balaban J connectivity index is 1.91. The summed E-state index contributed by atoms with van der Waals surface area (Å²) in [6.07, 6.45) is 4.61. The van der Waals surface area contributed by atoms with Crippen molar-refractivity contribution in [1.29, 1.82) is 0 Å². The van der Waals surface area contributed by atoms with E-state index in [1.54, 1.807) is 19.1 Å². The number of nitrogens with one attached hydrogen (secondary N) is 1. The summed E-state index contributed by atoms with van der Waals surface area (Å²) in [5, 5.41) is 3.53. The summed E-state index contributed by atoms with van der Waals surface area (Å²) < 4.78 is 35.2. The SMILES string of the molecule is CCOc1cc(C2NC3(CCCCC3)C(=O)N2CC)ccc1OC(F)F. The summed E-state index contributed by atoms with van der Waals surface area (Å²) >= 11 is 0. The van der Waals surface area contributed by atoms with Gasteiger partial charge in [0.15, 0.2) is 11.5 Å². The van der Waals surface area contributed by atoms with Gasteiger partial charge in [0, 0.05) is 6.54 Å². The van der Waals surface area contributed by atoms with Crippen molar-refractivity contribution in [3.63, 3.8) is 0 Å². The molecule has 0 bridgehead atoms. The van der Waals surface area contributed by atoms with Crippen LogP contribution in [0.4, 0.5) is 8.78 Å². The average Bonchev–Trinajstić information content (AvgIpc) is 2.89. The number of likely N-dealkylation sites (N-methyl/N-ethyl adjacent to an activating group) is 1. The molecule has 0 aromatic heterocycles. The maximum absolute atomic E-state index is 13.0. The molecule has 26 heavy (non-hydrogen) atoms. The zero-order valence-electron chi connectivity index (χ0n) is 15.3. The van der Waals surface area contributed by atoms with Crippen LogP contribution in [0, 0.1) is 0 Å². The van der Waals surface area contributed by atoms with Crippen LogP contribution in [0.25, 0.3) is 0 Å². The van der Waals surface area contributed by atoms with Gasteiger partial charge < -0.3 is 14.4 Å². The number of benzene rings is 1. The fourth-order valence-electron chi connectivity index (χ4n) is 4.05.